The Morgan fingerprint density at radius 3 is 2.19 bits per heavy atom. The van der Waals surface area contributed by atoms with Crippen molar-refractivity contribution >= 4 is 27.5 Å². The van der Waals surface area contributed by atoms with Gasteiger partial charge < -0.3 is 10.2 Å². The Labute approximate surface area is 181 Å². The molecule has 31 heavy (non-hydrogen) atoms. The summed E-state index contributed by atoms with van der Waals surface area (Å²) in [7, 11) is -0.578. The lowest BCUT2D eigenvalue weighted by atomic mass is 10.2. The van der Waals surface area contributed by atoms with Crippen LogP contribution in [0.1, 0.15) is 10.4 Å². The average molecular weight is 449 g/mol. The summed E-state index contributed by atoms with van der Waals surface area (Å²) in [6.45, 7) is 1.16. The van der Waals surface area contributed by atoms with E-state index >= 15 is 0 Å². The smallest absolute Gasteiger partial charge is 0.253 e. The summed E-state index contributed by atoms with van der Waals surface area (Å²) in [4.78, 5) is 27.2. The van der Waals surface area contributed by atoms with E-state index in [1.807, 2.05) is 4.90 Å². The Kier molecular flexibility index (Phi) is 7.04. The molecule has 166 valence electrons. The first-order valence-corrected chi connectivity index (χ1v) is 11.2. The maximum atomic E-state index is 13.9. The number of hydrogen-bond acceptors (Lipinski definition) is 5. The molecule has 0 atom stereocenters. The van der Waals surface area contributed by atoms with E-state index in [4.69, 9.17) is 0 Å². The maximum absolute atomic E-state index is 13.9. The molecule has 1 aliphatic rings. The van der Waals surface area contributed by atoms with Crippen molar-refractivity contribution in [3.63, 3.8) is 0 Å². The third-order valence-electron chi connectivity index (χ3n) is 4.97. The molecular weight excluding hydrogens is 423 g/mol. The molecule has 2 amide bonds. The fraction of sp³-hybridized carbons (Fsp3) is 0.333. The number of sulfonamides is 1. The highest BCUT2D eigenvalue weighted by molar-refractivity contribution is 7.89. The second-order valence-corrected chi connectivity index (χ2v) is 9.34. The molecular formula is C21H25FN4O4S. The number of nitrogens with zero attached hydrogens (tertiary/aromatic N) is 3. The molecule has 8 nitrogen and oxygen atoms in total. The lowest BCUT2D eigenvalue weighted by molar-refractivity contribution is -0.117. The zero-order valence-corrected chi connectivity index (χ0v) is 18.2. The summed E-state index contributed by atoms with van der Waals surface area (Å²) in [5.74, 6) is -1.14. The van der Waals surface area contributed by atoms with Gasteiger partial charge >= 0.3 is 0 Å². The average Bonchev–Trinajstić information content (AvgIpc) is 2.74. The fourth-order valence-corrected chi connectivity index (χ4v) is 4.77. The van der Waals surface area contributed by atoms with Crippen molar-refractivity contribution in [1.82, 2.24) is 14.1 Å². The van der Waals surface area contributed by atoms with Gasteiger partial charge in [-0.2, -0.15) is 4.31 Å². The van der Waals surface area contributed by atoms with Crippen molar-refractivity contribution < 1.29 is 22.4 Å². The molecule has 10 heteroatoms. The summed E-state index contributed by atoms with van der Waals surface area (Å²) in [5.41, 5.74) is 1.09. The van der Waals surface area contributed by atoms with E-state index in [2.05, 4.69) is 5.32 Å². The largest absolute Gasteiger partial charge is 0.345 e. The molecule has 0 radical (unpaired) electrons. The zero-order valence-electron chi connectivity index (χ0n) is 17.4. The van der Waals surface area contributed by atoms with Gasteiger partial charge in [0.15, 0.2) is 0 Å². The van der Waals surface area contributed by atoms with Crippen molar-refractivity contribution in [3.05, 3.63) is 59.9 Å². The zero-order chi connectivity index (χ0) is 22.6. The first-order valence-electron chi connectivity index (χ1n) is 9.77. The standard InChI is InChI=1S/C21H25FN4O4S/c1-24(2)21(28)16-7-9-17(10-8-16)23-20(27)15-25-11-13-26(14-12-25)31(29,30)19-6-4-3-5-18(19)22/h3-10H,11-15H2,1-2H3,(H,23,27). The van der Waals surface area contributed by atoms with Gasteiger partial charge in [0, 0.05) is 51.5 Å². The number of halogens is 1. The second-order valence-electron chi connectivity index (χ2n) is 7.44. The molecule has 0 saturated carbocycles. The van der Waals surface area contributed by atoms with E-state index in [-0.39, 0.29) is 36.3 Å². The van der Waals surface area contributed by atoms with Gasteiger partial charge in [-0.15, -0.1) is 0 Å². The third-order valence-corrected chi connectivity index (χ3v) is 6.91. The molecule has 1 aliphatic heterocycles. The maximum Gasteiger partial charge on any atom is 0.253 e. The third kappa shape index (κ3) is 5.46. The Hall–Kier alpha value is -2.82. The minimum absolute atomic E-state index is 0.103. The van der Waals surface area contributed by atoms with Crippen LogP contribution in [0.15, 0.2) is 53.4 Å². The van der Waals surface area contributed by atoms with Crippen LogP contribution in [0.4, 0.5) is 10.1 Å². The molecule has 0 aromatic heterocycles. The van der Waals surface area contributed by atoms with E-state index in [9.17, 15) is 22.4 Å². The normalized spacial score (nSPS) is 15.5. The molecule has 1 saturated heterocycles. The molecule has 0 spiro atoms. The topological polar surface area (TPSA) is 90.0 Å². The monoisotopic (exact) mass is 448 g/mol. The van der Waals surface area contributed by atoms with Gasteiger partial charge in [0.05, 0.1) is 6.54 Å². The first-order chi connectivity index (χ1) is 14.7. The summed E-state index contributed by atoms with van der Waals surface area (Å²) >= 11 is 0. The van der Waals surface area contributed by atoms with Crippen LogP contribution in [-0.2, 0) is 14.8 Å². The molecule has 3 rings (SSSR count). The first kappa shape index (κ1) is 22.9. The number of benzene rings is 2. The fourth-order valence-electron chi connectivity index (χ4n) is 3.28. The quantitative estimate of drug-likeness (QED) is 0.723. The highest BCUT2D eigenvalue weighted by Crippen LogP contribution is 2.20. The minimum atomic E-state index is -3.91. The van der Waals surface area contributed by atoms with E-state index in [0.29, 0.717) is 24.3 Å². The summed E-state index contributed by atoms with van der Waals surface area (Å²) in [5, 5.41) is 2.77. The number of carbonyl (C=O) groups excluding carboxylic acids is 2. The Bertz CT molecular complexity index is 1050. The van der Waals surface area contributed by atoms with E-state index < -0.39 is 15.8 Å². The van der Waals surface area contributed by atoms with Crippen molar-refractivity contribution in [1.29, 1.82) is 0 Å². The van der Waals surface area contributed by atoms with Crippen molar-refractivity contribution in [3.8, 4) is 0 Å². The van der Waals surface area contributed by atoms with E-state index in [0.717, 1.165) is 6.07 Å². The predicted octanol–water partition coefficient (Wildman–Crippen LogP) is 1.47. The van der Waals surface area contributed by atoms with E-state index in [1.165, 1.54) is 27.4 Å². The van der Waals surface area contributed by atoms with Crippen LogP contribution in [0.2, 0.25) is 0 Å². The number of rotatable bonds is 6. The van der Waals surface area contributed by atoms with Crippen molar-refractivity contribution in [2.45, 2.75) is 4.90 Å². The van der Waals surface area contributed by atoms with Crippen LogP contribution in [0.25, 0.3) is 0 Å². The Balaban J connectivity index is 1.52. The lowest BCUT2D eigenvalue weighted by Crippen LogP contribution is -2.50. The highest BCUT2D eigenvalue weighted by atomic mass is 32.2. The molecule has 0 unspecified atom stereocenters. The number of hydrogen-bond donors (Lipinski definition) is 1. The van der Waals surface area contributed by atoms with Gasteiger partial charge in [-0.05, 0) is 36.4 Å². The summed E-state index contributed by atoms with van der Waals surface area (Å²) in [6.07, 6.45) is 0. The van der Waals surface area contributed by atoms with Gasteiger partial charge in [-0.1, -0.05) is 12.1 Å². The molecule has 2 aromatic carbocycles. The molecule has 1 N–H and O–H groups in total. The number of piperazine rings is 1. The van der Waals surface area contributed by atoms with Crippen LogP contribution in [-0.4, -0.2) is 81.2 Å². The Morgan fingerprint density at radius 1 is 1.00 bits per heavy atom. The predicted molar refractivity (Wildman–Crippen MR) is 115 cm³/mol. The van der Waals surface area contributed by atoms with Gasteiger partial charge in [-0.25, -0.2) is 12.8 Å². The second kappa shape index (κ2) is 9.54. The van der Waals surface area contributed by atoms with Crippen LogP contribution in [0, 0.1) is 5.82 Å². The number of carbonyl (C=O) groups is 2. The molecule has 2 aromatic rings. The Morgan fingerprint density at radius 2 is 1.61 bits per heavy atom. The van der Waals surface area contributed by atoms with Gasteiger partial charge in [0.1, 0.15) is 10.7 Å². The van der Waals surface area contributed by atoms with Crippen LogP contribution < -0.4 is 5.32 Å². The van der Waals surface area contributed by atoms with Gasteiger partial charge in [0.25, 0.3) is 5.91 Å². The molecule has 1 heterocycles. The highest BCUT2D eigenvalue weighted by Gasteiger charge is 2.30. The summed E-state index contributed by atoms with van der Waals surface area (Å²) < 4.78 is 40.5. The molecule has 1 fully saturated rings. The van der Waals surface area contributed by atoms with Crippen LogP contribution in [0.5, 0.6) is 0 Å². The number of amides is 2. The summed E-state index contributed by atoms with van der Waals surface area (Å²) in [6, 6.07) is 11.9. The SMILES string of the molecule is CN(C)C(=O)c1ccc(NC(=O)CN2CCN(S(=O)(=O)c3ccccc3F)CC2)cc1. The number of anilines is 1. The minimum Gasteiger partial charge on any atom is -0.345 e. The van der Waals surface area contributed by atoms with Crippen molar-refractivity contribution in [2.24, 2.45) is 0 Å². The van der Waals surface area contributed by atoms with E-state index in [1.54, 1.807) is 38.4 Å². The van der Waals surface area contributed by atoms with Crippen LogP contribution in [0.3, 0.4) is 0 Å². The van der Waals surface area contributed by atoms with Gasteiger partial charge in [0.2, 0.25) is 15.9 Å². The lowest BCUT2D eigenvalue weighted by Gasteiger charge is -2.33. The van der Waals surface area contributed by atoms with Gasteiger partial charge in [-0.3, -0.25) is 14.5 Å². The number of nitrogens with one attached hydrogen (secondary N) is 1. The van der Waals surface area contributed by atoms with Crippen LogP contribution >= 0.6 is 0 Å². The molecule has 0 aliphatic carbocycles. The molecule has 0 bridgehead atoms. The van der Waals surface area contributed by atoms with Crippen molar-refractivity contribution in [2.75, 3.05) is 52.1 Å².